The molecule has 17 heavy (non-hydrogen) atoms. The number of halogens is 1. The van der Waals surface area contributed by atoms with Crippen LogP contribution in [0.25, 0.3) is 0 Å². The highest BCUT2D eigenvalue weighted by Gasteiger charge is 2.05. The van der Waals surface area contributed by atoms with Crippen LogP contribution in [0.15, 0.2) is 54.6 Å². The van der Waals surface area contributed by atoms with Gasteiger partial charge in [0.25, 0.3) is 0 Å². The lowest BCUT2D eigenvalue weighted by atomic mass is 10.2. The van der Waals surface area contributed by atoms with Gasteiger partial charge in [0.2, 0.25) is 0 Å². The van der Waals surface area contributed by atoms with Gasteiger partial charge in [-0.1, -0.05) is 41.9 Å². The van der Waals surface area contributed by atoms with E-state index < -0.39 is 5.56 Å². The number of hydrogen-bond acceptors (Lipinski definition) is 2. The van der Waals surface area contributed by atoms with Crippen molar-refractivity contribution in [1.82, 2.24) is 0 Å². The molecule has 2 nitrogen and oxygen atoms in total. The molecule has 0 fully saturated rings. The van der Waals surface area contributed by atoms with Crippen molar-refractivity contribution in [3.8, 4) is 11.5 Å². The van der Waals surface area contributed by atoms with Crippen LogP contribution in [-0.4, -0.2) is 7.11 Å². The van der Waals surface area contributed by atoms with Crippen molar-refractivity contribution in [1.29, 1.82) is 0 Å². The lowest BCUT2D eigenvalue weighted by Gasteiger charge is -2.09. The van der Waals surface area contributed by atoms with E-state index in [1.807, 2.05) is 54.6 Å². The van der Waals surface area contributed by atoms with Crippen LogP contribution >= 0.6 is 11.6 Å². The predicted molar refractivity (Wildman–Crippen MR) is 68.6 cm³/mol. The second-order valence-electron chi connectivity index (χ2n) is 3.54. The summed E-state index contributed by atoms with van der Waals surface area (Å²) >= 11 is 5.94. The maximum absolute atomic E-state index is 5.94. The minimum absolute atomic E-state index is 0.416. The van der Waals surface area contributed by atoms with Gasteiger partial charge in [-0.25, -0.2) is 0 Å². The van der Waals surface area contributed by atoms with Crippen molar-refractivity contribution in [3.63, 3.8) is 0 Å². The summed E-state index contributed by atoms with van der Waals surface area (Å²) in [6.07, 6.45) is 0. The van der Waals surface area contributed by atoms with Crippen LogP contribution in [0.1, 0.15) is 11.1 Å². The van der Waals surface area contributed by atoms with Gasteiger partial charge in [0.05, 0.1) is 0 Å². The summed E-state index contributed by atoms with van der Waals surface area (Å²) in [5.41, 5.74) is 0.496. The molecule has 2 aromatic carbocycles. The molecule has 3 heteroatoms. The maximum Gasteiger partial charge on any atom is 0.156 e. The molecule has 0 heterocycles. The Bertz CT molecular complexity index is 453. The Hall–Kier alpha value is -1.51. The van der Waals surface area contributed by atoms with E-state index in [-0.39, 0.29) is 0 Å². The van der Waals surface area contributed by atoms with Crippen molar-refractivity contribution >= 4 is 11.6 Å². The first-order valence-electron chi connectivity index (χ1n) is 5.29. The first-order chi connectivity index (χ1) is 8.29. The van der Waals surface area contributed by atoms with Crippen molar-refractivity contribution < 1.29 is 9.47 Å². The Labute approximate surface area is 106 Å². The standard InChI is InChI=1S/C14H13ClO2/c1-16-14(15)11-7-9-13(10-8-11)17-12-5-3-2-4-6-12/h2-10,14H,1H3. The highest BCUT2D eigenvalue weighted by atomic mass is 35.5. The van der Waals surface area contributed by atoms with E-state index in [4.69, 9.17) is 21.1 Å². The summed E-state index contributed by atoms with van der Waals surface area (Å²) in [6.45, 7) is 0. The highest BCUT2D eigenvalue weighted by molar-refractivity contribution is 6.19. The molecular weight excluding hydrogens is 236 g/mol. The molecular formula is C14H13ClO2. The third-order valence-electron chi connectivity index (χ3n) is 2.33. The number of benzene rings is 2. The SMILES string of the molecule is COC(Cl)c1ccc(Oc2ccccc2)cc1. The van der Waals surface area contributed by atoms with Gasteiger partial charge < -0.3 is 9.47 Å². The van der Waals surface area contributed by atoms with Crippen molar-refractivity contribution in [3.05, 3.63) is 60.2 Å². The summed E-state index contributed by atoms with van der Waals surface area (Å²) in [5.74, 6) is 1.59. The molecule has 0 aromatic heterocycles. The summed E-state index contributed by atoms with van der Waals surface area (Å²) in [5, 5.41) is 0. The maximum atomic E-state index is 5.94. The van der Waals surface area contributed by atoms with E-state index in [1.165, 1.54) is 0 Å². The minimum atomic E-state index is -0.416. The Kier molecular flexibility index (Phi) is 4.02. The van der Waals surface area contributed by atoms with Crippen LogP contribution in [0, 0.1) is 0 Å². The normalized spacial score (nSPS) is 12.1. The molecule has 0 N–H and O–H groups in total. The first kappa shape index (κ1) is 12.0. The van der Waals surface area contributed by atoms with Crippen LogP contribution in [0.2, 0.25) is 0 Å². The van der Waals surface area contributed by atoms with E-state index in [0.29, 0.717) is 0 Å². The largest absolute Gasteiger partial charge is 0.457 e. The molecule has 2 aromatic rings. The molecule has 0 aliphatic carbocycles. The fourth-order valence-corrected chi connectivity index (χ4v) is 1.59. The van der Waals surface area contributed by atoms with Crippen molar-refractivity contribution in [2.24, 2.45) is 0 Å². The Morgan fingerprint density at radius 3 is 2.06 bits per heavy atom. The fourth-order valence-electron chi connectivity index (χ4n) is 1.45. The molecule has 1 atom stereocenters. The molecule has 2 rings (SSSR count). The molecule has 0 amide bonds. The van der Waals surface area contributed by atoms with Crippen molar-refractivity contribution in [2.75, 3.05) is 7.11 Å². The van der Waals surface area contributed by atoms with Gasteiger partial charge in [0.1, 0.15) is 11.5 Å². The van der Waals surface area contributed by atoms with Gasteiger partial charge in [-0.3, -0.25) is 0 Å². The summed E-state index contributed by atoms with van der Waals surface area (Å²) in [7, 11) is 1.58. The Balaban J connectivity index is 2.08. The quantitative estimate of drug-likeness (QED) is 0.749. The predicted octanol–water partition coefficient (Wildman–Crippen LogP) is 4.36. The van der Waals surface area contributed by atoms with E-state index in [2.05, 4.69) is 0 Å². The van der Waals surface area contributed by atoms with Gasteiger partial charge >= 0.3 is 0 Å². The van der Waals surface area contributed by atoms with Crippen LogP contribution in [0.5, 0.6) is 11.5 Å². The molecule has 0 spiro atoms. The van der Waals surface area contributed by atoms with Gasteiger partial charge in [-0.05, 0) is 29.8 Å². The molecule has 88 valence electrons. The molecule has 0 bridgehead atoms. The van der Waals surface area contributed by atoms with Crippen LogP contribution < -0.4 is 4.74 Å². The van der Waals surface area contributed by atoms with E-state index in [1.54, 1.807) is 7.11 Å². The third-order valence-corrected chi connectivity index (χ3v) is 2.76. The summed E-state index contributed by atoms with van der Waals surface area (Å²) < 4.78 is 10.7. The number of para-hydroxylation sites is 1. The van der Waals surface area contributed by atoms with Gasteiger partial charge in [0, 0.05) is 7.11 Å². The number of ether oxygens (including phenoxy) is 2. The average molecular weight is 249 g/mol. The Morgan fingerprint density at radius 1 is 0.882 bits per heavy atom. The first-order valence-corrected chi connectivity index (χ1v) is 5.73. The molecule has 0 aliphatic rings. The fraction of sp³-hybridized carbons (Fsp3) is 0.143. The topological polar surface area (TPSA) is 18.5 Å². The second-order valence-corrected chi connectivity index (χ2v) is 3.93. The monoisotopic (exact) mass is 248 g/mol. The average Bonchev–Trinajstić information content (AvgIpc) is 2.40. The van der Waals surface area contributed by atoms with E-state index >= 15 is 0 Å². The van der Waals surface area contributed by atoms with Gasteiger partial charge in [0.15, 0.2) is 5.56 Å². The lowest BCUT2D eigenvalue weighted by molar-refractivity contribution is 0.170. The molecule has 0 radical (unpaired) electrons. The van der Waals surface area contributed by atoms with Gasteiger partial charge in [-0.15, -0.1) is 0 Å². The zero-order valence-corrected chi connectivity index (χ0v) is 10.2. The molecule has 0 saturated heterocycles. The van der Waals surface area contributed by atoms with Crippen LogP contribution in [-0.2, 0) is 4.74 Å². The number of methoxy groups -OCH3 is 1. The smallest absolute Gasteiger partial charge is 0.156 e. The molecule has 0 saturated carbocycles. The summed E-state index contributed by atoms with van der Waals surface area (Å²) in [6, 6.07) is 17.2. The number of rotatable bonds is 4. The lowest BCUT2D eigenvalue weighted by Crippen LogP contribution is -1.92. The highest BCUT2D eigenvalue weighted by Crippen LogP contribution is 2.25. The van der Waals surface area contributed by atoms with E-state index in [0.717, 1.165) is 17.1 Å². The zero-order valence-electron chi connectivity index (χ0n) is 9.47. The zero-order chi connectivity index (χ0) is 12.1. The number of alkyl halides is 1. The minimum Gasteiger partial charge on any atom is -0.457 e. The molecule has 0 aliphatic heterocycles. The van der Waals surface area contributed by atoms with Crippen molar-refractivity contribution in [2.45, 2.75) is 5.56 Å². The number of hydrogen-bond donors (Lipinski definition) is 0. The van der Waals surface area contributed by atoms with Crippen LogP contribution in [0.4, 0.5) is 0 Å². The second kappa shape index (κ2) is 5.71. The summed E-state index contributed by atoms with van der Waals surface area (Å²) in [4.78, 5) is 0. The third kappa shape index (κ3) is 3.22. The van der Waals surface area contributed by atoms with Gasteiger partial charge in [-0.2, -0.15) is 0 Å². The Morgan fingerprint density at radius 2 is 1.47 bits per heavy atom. The van der Waals surface area contributed by atoms with E-state index in [9.17, 15) is 0 Å². The molecule has 1 unspecified atom stereocenters. The van der Waals surface area contributed by atoms with Crippen LogP contribution in [0.3, 0.4) is 0 Å².